The molecule has 1 aromatic heterocycles. The number of allylic oxidation sites excluding steroid dienone is 1. The normalized spacial score (nSPS) is 15.0. The lowest BCUT2D eigenvalue weighted by atomic mass is 10.1. The molecule has 6 nitrogen and oxygen atoms in total. The van der Waals surface area contributed by atoms with Gasteiger partial charge in [-0.05, 0) is 57.4 Å². The quantitative estimate of drug-likeness (QED) is 0.751. The number of halogens is 1. The number of nitrogens with one attached hydrogen (secondary N) is 2. The van der Waals surface area contributed by atoms with Crippen LogP contribution in [0, 0.1) is 5.82 Å². The smallest absolute Gasteiger partial charge is 0.326 e. The fourth-order valence-corrected chi connectivity index (χ4v) is 3.34. The largest absolute Gasteiger partial charge is 0.421 e. The van der Waals surface area contributed by atoms with E-state index in [1.165, 1.54) is 5.57 Å². The maximum absolute atomic E-state index is 14.9. The molecule has 0 fully saturated rings. The van der Waals surface area contributed by atoms with Gasteiger partial charge < -0.3 is 15.4 Å². The Morgan fingerprint density at radius 2 is 1.86 bits per heavy atom. The number of aliphatic imine (C=N–C) groups is 1. The van der Waals surface area contributed by atoms with Crippen LogP contribution in [-0.4, -0.2) is 28.4 Å². The highest BCUT2D eigenvalue weighted by molar-refractivity contribution is 6.05. The maximum Gasteiger partial charge on any atom is 0.326 e. The lowest BCUT2D eigenvalue weighted by Crippen LogP contribution is -2.14. The first-order valence-corrected chi connectivity index (χ1v) is 9.68. The summed E-state index contributed by atoms with van der Waals surface area (Å²) in [5.74, 6) is 1.56. The van der Waals surface area contributed by atoms with Crippen LogP contribution in [0.5, 0.6) is 11.8 Å². The number of ether oxygens (including phenoxy) is 1. The van der Waals surface area contributed by atoms with E-state index in [0.29, 0.717) is 23.7 Å². The SMILES string of the molecule is CC1=CC(Nc2cc(NC(C)C)nc(Oc3ccc4c(c3F)C=C(C)C4)n2)=NC1. The Morgan fingerprint density at radius 1 is 1.07 bits per heavy atom. The third-order valence-electron chi connectivity index (χ3n) is 4.58. The Morgan fingerprint density at radius 3 is 2.59 bits per heavy atom. The van der Waals surface area contributed by atoms with E-state index in [1.807, 2.05) is 45.9 Å². The van der Waals surface area contributed by atoms with Crippen LogP contribution in [0.2, 0.25) is 0 Å². The van der Waals surface area contributed by atoms with Gasteiger partial charge in [0, 0.05) is 17.7 Å². The summed E-state index contributed by atoms with van der Waals surface area (Å²) in [5, 5.41) is 6.41. The van der Waals surface area contributed by atoms with Crippen LogP contribution in [0.25, 0.3) is 6.08 Å². The molecule has 7 heteroatoms. The number of hydrogen-bond donors (Lipinski definition) is 2. The van der Waals surface area contributed by atoms with Gasteiger partial charge in [0.2, 0.25) is 0 Å². The van der Waals surface area contributed by atoms with Gasteiger partial charge in [0.1, 0.15) is 17.5 Å². The van der Waals surface area contributed by atoms with E-state index in [-0.39, 0.29) is 17.8 Å². The first-order chi connectivity index (χ1) is 13.9. The monoisotopic (exact) mass is 393 g/mol. The molecule has 4 rings (SSSR count). The topological polar surface area (TPSA) is 71.4 Å². The molecule has 150 valence electrons. The number of nitrogens with zero attached hydrogens (tertiary/aromatic N) is 3. The number of amidine groups is 1. The molecule has 0 saturated carbocycles. The Hall–Kier alpha value is -3.22. The number of hydrogen-bond acceptors (Lipinski definition) is 6. The van der Waals surface area contributed by atoms with Crippen molar-refractivity contribution in [3.05, 3.63) is 52.4 Å². The van der Waals surface area contributed by atoms with E-state index in [0.717, 1.165) is 23.4 Å². The minimum Gasteiger partial charge on any atom is -0.421 e. The lowest BCUT2D eigenvalue weighted by molar-refractivity contribution is 0.411. The molecule has 2 N–H and O–H groups in total. The second-order valence-electron chi connectivity index (χ2n) is 7.76. The van der Waals surface area contributed by atoms with Crippen molar-refractivity contribution in [2.75, 3.05) is 17.2 Å². The van der Waals surface area contributed by atoms with Gasteiger partial charge in [0.15, 0.2) is 11.6 Å². The van der Waals surface area contributed by atoms with E-state index in [9.17, 15) is 4.39 Å². The van der Waals surface area contributed by atoms with Crippen LogP contribution in [0.3, 0.4) is 0 Å². The summed E-state index contributed by atoms with van der Waals surface area (Å²) in [6.07, 6.45) is 4.59. The second-order valence-corrected chi connectivity index (χ2v) is 7.76. The molecule has 0 amide bonds. The van der Waals surface area contributed by atoms with Crippen LogP contribution in [0.1, 0.15) is 38.8 Å². The van der Waals surface area contributed by atoms with E-state index in [4.69, 9.17) is 4.74 Å². The van der Waals surface area contributed by atoms with Crippen molar-refractivity contribution in [3.63, 3.8) is 0 Å². The molecule has 0 bridgehead atoms. The number of fused-ring (bicyclic) bond motifs is 1. The van der Waals surface area contributed by atoms with Crippen LogP contribution in [0.15, 0.2) is 40.4 Å². The molecule has 0 atom stereocenters. The average Bonchev–Trinajstić information content (AvgIpc) is 3.22. The Balaban J connectivity index is 1.64. The van der Waals surface area contributed by atoms with E-state index < -0.39 is 5.82 Å². The maximum atomic E-state index is 14.9. The van der Waals surface area contributed by atoms with Crippen molar-refractivity contribution in [2.24, 2.45) is 4.99 Å². The van der Waals surface area contributed by atoms with Crippen molar-refractivity contribution in [3.8, 4) is 11.8 Å². The fourth-order valence-electron chi connectivity index (χ4n) is 3.34. The molecule has 1 aliphatic heterocycles. The first-order valence-electron chi connectivity index (χ1n) is 9.68. The zero-order valence-electron chi connectivity index (χ0n) is 17.0. The summed E-state index contributed by atoms with van der Waals surface area (Å²) >= 11 is 0. The molecular formula is C22H24FN5O. The van der Waals surface area contributed by atoms with Crippen molar-refractivity contribution in [2.45, 2.75) is 40.2 Å². The fraction of sp³-hybridized carbons (Fsp3) is 0.318. The second kappa shape index (κ2) is 7.66. The average molecular weight is 393 g/mol. The molecule has 1 aliphatic carbocycles. The van der Waals surface area contributed by atoms with Crippen molar-refractivity contribution in [1.82, 2.24) is 9.97 Å². The Bertz CT molecular complexity index is 1060. The van der Waals surface area contributed by atoms with Gasteiger partial charge in [-0.25, -0.2) is 4.39 Å². The van der Waals surface area contributed by atoms with Crippen LogP contribution >= 0.6 is 0 Å². The van der Waals surface area contributed by atoms with E-state index in [1.54, 1.807) is 12.1 Å². The lowest BCUT2D eigenvalue weighted by Gasteiger charge is -2.14. The molecule has 2 aliphatic rings. The Kier molecular flexibility index (Phi) is 5.05. The number of aromatic nitrogens is 2. The zero-order chi connectivity index (χ0) is 20.5. The predicted molar refractivity (Wildman–Crippen MR) is 114 cm³/mol. The number of anilines is 2. The summed E-state index contributed by atoms with van der Waals surface area (Å²) in [4.78, 5) is 13.2. The summed E-state index contributed by atoms with van der Waals surface area (Å²) < 4.78 is 20.7. The zero-order valence-corrected chi connectivity index (χ0v) is 17.0. The molecule has 0 radical (unpaired) electrons. The van der Waals surface area contributed by atoms with Crippen molar-refractivity contribution in [1.29, 1.82) is 0 Å². The Labute approximate surface area is 169 Å². The number of rotatable bonds is 5. The highest BCUT2D eigenvalue weighted by Crippen LogP contribution is 2.34. The van der Waals surface area contributed by atoms with Crippen LogP contribution in [-0.2, 0) is 6.42 Å². The third kappa shape index (κ3) is 4.29. The van der Waals surface area contributed by atoms with Crippen LogP contribution in [0.4, 0.5) is 16.0 Å². The summed E-state index contributed by atoms with van der Waals surface area (Å²) in [5.41, 5.74) is 3.84. The molecule has 0 saturated heterocycles. The van der Waals surface area contributed by atoms with E-state index >= 15 is 0 Å². The van der Waals surface area contributed by atoms with Gasteiger partial charge in [0.05, 0.1) is 6.54 Å². The van der Waals surface area contributed by atoms with Crippen molar-refractivity contribution < 1.29 is 9.13 Å². The van der Waals surface area contributed by atoms with Gasteiger partial charge in [-0.15, -0.1) is 0 Å². The van der Waals surface area contributed by atoms with E-state index in [2.05, 4.69) is 25.6 Å². The molecule has 1 aromatic carbocycles. The minimum absolute atomic E-state index is 0.0648. The first kappa shape index (κ1) is 19.1. The summed E-state index contributed by atoms with van der Waals surface area (Å²) in [6, 6.07) is 5.53. The van der Waals surface area contributed by atoms with Crippen LogP contribution < -0.4 is 15.4 Å². The molecule has 29 heavy (non-hydrogen) atoms. The summed E-state index contributed by atoms with van der Waals surface area (Å²) in [7, 11) is 0. The van der Waals surface area contributed by atoms with Gasteiger partial charge in [-0.3, -0.25) is 4.99 Å². The molecular weight excluding hydrogens is 369 g/mol. The minimum atomic E-state index is -0.390. The standard InChI is InChI=1S/C22H24FN5O/c1-12(2)25-19-10-20(26-18-9-14(4)11-24-18)28-22(27-19)29-17-6-5-15-7-13(3)8-16(15)21(17)23/h5-6,8-10,12H,7,11H2,1-4H3,(H2,24,25,26,27,28). The molecule has 0 spiro atoms. The van der Waals surface area contributed by atoms with Gasteiger partial charge in [0.25, 0.3) is 0 Å². The van der Waals surface area contributed by atoms with Gasteiger partial charge in [-0.1, -0.05) is 17.7 Å². The number of benzene rings is 1. The highest BCUT2D eigenvalue weighted by atomic mass is 19.1. The summed E-state index contributed by atoms with van der Waals surface area (Å²) in [6.45, 7) is 8.70. The van der Waals surface area contributed by atoms with Gasteiger partial charge in [-0.2, -0.15) is 9.97 Å². The highest BCUT2D eigenvalue weighted by Gasteiger charge is 2.19. The third-order valence-corrected chi connectivity index (χ3v) is 4.58. The van der Waals surface area contributed by atoms with Crippen molar-refractivity contribution >= 4 is 23.5 Å². The molecule has 2 heterocycles. The van der Waals surface area contributed by atoms with Gasteiger partial charge >= 0.3 is 6.01 Å². The molecule has 2 aromatic rings. The molecule has 0 unspecified atom stereocenters. The predicted octanol–water partition coefficient (Wildman–Crippen LogP) is 4.96.